The average molecular weight is 371 g/mol. The van der Waals surface area contributed by atoms with Crippen LogP contribution in [-0.4, -0.2) is 40.4 Å². The van der Waals surface area contributed by atoms with Crippen LogP contribution in [0.25, 0.3) is 0 Å². The molecule has 0 aromatic heterocycles. The molecular weight excluding hydrogens is 342 g/mol. The van der Waals surface area contributed by atoms with Gasteiger partial charge in [-0.05, 0) is 23.6 Å². The number of ether oxygens (including phenoxy) is 3. The van der Waals surface area contributed by atoms with Gasteiger partial charge in [-0.25, -0.2) is 0 Å². The number of methoxy groups -OCH3 is 2. The molecule has 0 aliphatic heterocycles. The van der Waals surface area contributed by atoms with Crippen LogP contribution >= 0.6 is 0 Å². The lowest BCUT2D eigenvalue weighted by molar-refractivity contribution is 0.0932. The lowest BCUT2D eigenvalue weighted by Crippen LogP contribution is -2.35. The Bertz CT molecular complexity index is 720. The minimum atomic E-state index is 0.345. The average Bonchev–Trinajstić information content (AvgIpc) is 2.71. The fourth-order valence-electron chi connectivity index (χ4n) is 2.51. The highest BCUT2D eigenvalue weighted by atomic mass is 16.5. The number of anilines is 1. The van der Waals surface area contributed by atoms with Gasteiger partial charge < -0.3 is 24.8 Å². The molecule has 1 unspecified atom stereocenters. The summed E-state index contributed by atoms with van der Waals surface area (Å²) >= 11 is 0. The number of guanidine groups is 1. The molecule has 6 nitrogen and oxygen atoms in total. The van der Waals surface area contributed by atoms with Crippen LogP contribution in [-0.2, 0) is 11.3 Å². The molecule has 0 radical (unpaired) electrons. The first-order valence-electron chi connectivity index (χ1n) is 8.97. The van der Waals surface area contributed by atoms with E-state index in [1.807, 2.05) is 36.4 Å². The molecule has 1 atom stereocenters. The standard InChI is InChI=1S/C21H29N3O3/c1-16(14-27-15-17-8-6-5-7-9-17)13-23-21(22-2)24-18-10-11-19(25-3)20(12-18)26-4/h5-12,16H,13-15H2,1-4H3,(H2,22,23,24). The minimum Gasteiger partial charge on any atom is -0.493 e. The van der Waals surface area contributed by atoms with Crippen molar-refractivity contribution in [3.8, 4) is 11.5 Å². The fourth-order valence-corrected chi connectivity index (χ4v) is 2.51. The van der Waals surface area contributed by atoms with Crippen LogP contribution in [0.3, 0.4) is 0 Å². The number of benzene rings is 2. The Morgan fingerprint density at radius 3 is 2.44 bits per heavy atom. The van der Waals surface area contributed by atoms with Gasteiger partial charge in [0.1, 0.15) is 0 Å². The fraction of sp³-hybridized carbons (Fsp3) is 0.381. The molecule has 0 fully saturated rings. The molecule has 6 heteroatoms. The van der Waals surface area contributed by atoms with Gasteiger partial charge in [-0.3, -0.25) is 4.99 Å². The number of nitrogens with zero attached hydrogens (tertiary/aromatic N) is 1. The van der Waals surface area contributed by atoms with Crippen molar-refractivity contribution in [2.45, 2.75) is 13.5 Å². The van der Waals surface area contributed by atoms with Gasteiger partial charge in [0.25, 0.3) is 0 Å². The van der Waals surface area contributed by atoms with Crippen molar-refractivity contribution in [3.63, 3.8) is 0 Å². The number of rotatable bonds is 9. The third-order valence-corrected chi connectivity index (χ3v) is 4.00. The van der Waals surface area contributed by atoms with Gasteiger partial charge in [0.2, 0.25) is 0 Å². The van der Waals surface area contributed by atoms with E-state index in [9.17, 15) is 0 Å². The van der Waals surface area contributed by atoms with Crippen LogP contribution in [0.4, 0.5) is 5.69 Å². The topological polar surface area (TPSA) is 64.1 Å². The van der Waals surface area contributed by atoms with E-state index in [0.29, 0.717) is 36.6 Å². The first-order chi connectivity index (χ1) is 13.2. The summed E-state index contributed by atoms with van der Waals surface area (Å²) in [5.41, 5.74) is 2.05. The molecule has 0 aliphatic carbocycles. The summed E-state index contributed by atoms with van der Waals surface area (Å²) in [5.74, 6) is 2.39. The zero-order valence-electron chi connectivity index (χ0n) is 16.5. The van der Waals surface area contributed by atoms with Gasteiger partial charge in [-0.1, -0.05) is 37.3 Å². The van der Waals surface area contributed by atoms with E-state index in [0.717, 1.165) is 12.2 Å². The maximum atomic E-state index is 5.79. The maximum Gasteiger partial charge on any atom is 0.195 e. The van der Waals surface area contributed by atoms with Crippen molar-refractivity contribution in [1.29, 1.82) is 0 Å². The van der Waals surface area contributed by atoms with Crippen LogP contribution < -0.4 is 20.1 Å². The molecule has 2 aromatic carbocycles. The van der Waals surface area contributed by atoms with E-state index in [2.05, 4.69) is 34.7 Å². The first-order valence-corrected chi connectivity index (χ1v) is 8.97. The van der Waals surface area contributed by atoms with Gasteiger partial charge in [0.05, 0.1) is 27.4 Å². The first kappa shape index (κ1) is 20.6. The highest BCUT2D eigenvalue weighted by Gasteiger charge is 2.08. The number of hydrogen-bond donors (Lipinski definition) is 2. The quantitative estimate of drug-likeness (QED) is 0.521. The molecule has 0 saturated heterocycles. The number of hydrogen-bond acceptors (Lipinski definition) is 4. The van der Waals surface area contributed by atoms with E-state index in [1.54, 1.807) is 21.3 Å². The summed E-state index contributed by atoms with van der Waals surface area (Å²) in [6, 6.07) is 15.8. The van der Waals surface area contributed by atoms with Crippen LogP contribution in [0.5, 0.6) is 11.5 Å². The second-order valence-corrected chi connectivity index (χ2v) is 6.25. The number of nitrogens with one attached hydrogen (secondary N) is 2. The van der Waals surface area contributed by atoms with Crippen molar-refractivity contribution < 1.29 is 14.2 Å². The molecular formula is C21H29N3O3. The monoisotopic (exact) mass is 371 g/mol. The maximum absolute atomic E-state index is 5.79. The van der Waals surface area contributed by atoms with Gasteiger partial charge in [0.15, 0.2) is 17.5 Å². The summed E-state index contributed by atoms with van der Waals surface area (Å²) in [6.07, 6.45) is 0. The molecule has 2 rings (SSSR count). The molecule has 0 amide bonds. The molecule has 0 aliphatic rings. The molecule has 0 spiro atoms. The van der Waals surface area contributed by atoms with Gasteiger partial charge >= 0.3 is 0 Å². The predicted octanol–water partition coefficient (Wildman–Crippen LogP) is 3.54. The lowest BCUT2D eigenvalue weighted by Gasteiger charge is -2.17. The third kappa shape index (κ3) is 6.83. The normalized spacial score (nSPS) is 12.4. The highest BCUT2D eigenvalue weighted by Crippen LogP contribution is 2.29. The molecule has 146 valence electrons. The van der Waals surface area contributed by atoms with Gasteiger partial charge in [0, 0.05) is 25.3 Å². The summed E-state index contributed by atoms with van der Waals surface area (Å²) in [4.78, 5) is 4.26. The van der Waals surface area contributed by atoms with E-state index in [4.69, 9.17) is 14.2 Å². The second kappa shape index (κ2) is 11.1. The Kier molecular flexibility index (Phi) is 8.45. The Balaban J connectivity index is 1.77. The van der Waals surface area contributed by atoms with Crippen LogP contribution in [0.15, 0.2) is 53.5 Å². The largest absolute Gasteiger partial charge is 0.493 e. The minimum absolute atomic E-state index is 0.345. The van der Waals surface area contributed by atoms with Crippen molar-refractivity contribution in [2.24, 2.45) is 10.9 Å². The summed E-state index contributed by atoms with van der Waals surface area (Å²) in [7, 11) is 4.98. The van der Waals surface area contributed by atoms with Crippen LogP contribution in [0.1, 0.15) is 12.5 Å². The van der Waals surface area contributed by atoms with Crippen molar-refractivity contribution >= 4 is 11.6 Å². The zero-order valence-corrected chi connectivity index (χ0v) is 16.5. The van der Waals surface area contributed by atoms with E-state index in [1.165, 1.54) is 5.56 Å². The zero-order chi connectivity index (χ0) is 19.5. The van der Waals surface area contributed by atoms with Crippen LogP contribution in [0, 0.1) is 5.92 Å². The van der Waals surface area contributed by atoms with E-state index >= 15 is 0 Å². The Morgan fingerprint density at radius 1 is 1.04 bits per heavy atom. The molecule has 2 aromatic rings. The van der Waals surface area contributed by atoms with Crippen molar-refractivity contribution in [2.75, 3.05) is 39.7 Å². The van der Waals surface area contributed by atoms with Crippen LogP contribution in [0.2, 0.25) is 0 Å². The second-order valence-electron chi connectivity index (χ2n) is 6.25. The van der Waals surface area contributed by atoms with E-state index < -0.39 is 0 Å². The lowest BCUT2D eigenvalue weighted by atomic mass is 10.2. The molecule has 2 N–H and O–H groups in total. The SMILES string of the molecule is CN=C(NCC(C)COCc1ccccc1)Nc1ccc(OC)c(OC)c1. The molecule has 27 heavy (non-hydrogen) atoms. The number of aliphatic imine (C=N–C) groups is 1. The Morgan fingerprint density at radius 2 is 1.78 bits per heavy atom. The van der Waals surface area contributed by atoms with Crippen molar-refractivity contribution in [1.82, 2.24) is 5.32 Å². The summed E-state index contributed by atoms with van der Waals surface area (Å²) in [5, 5.41) is 6.57. The summed E-state index contributed by atoms with van der Waals surface area (Å²) in [6.45, 7) is 4.20. The van der Waals surface area contributed by atoms with Gasteiger partial charge in [-0.15, -0.1) is 0 Å². The Labute approximate surface area is 161 Å². The molecule has 0 heterocycles. The third-order valence-electron chi connectivity index (χ3n) is 4.00. The smallest absolute Gasteiger partial charge is 0.195 e. The van der Waals surface area contributed by atoms with Crippen molar-refractivity contribution in [3.05, 3.63) is 54.1 Å². The molecule has 0 bridgehead atoms. The Hall–Kier alpha value is -2.73. The highest BCUT2D eigenvalue weighted by molar-refractivity contribution is 5.93. The summed E-state index contributed by atoms with van der Waals surface area (Å²) < 4.78 is 16.4. The molecule has 0 saturated carbocycles. The van der Waals surface area contributed by atoms with Gasteiger partial charge in [-0.2, -0.15) is 0 Å². The predicted molar refractivity (Wildman–Crippen MR) is 110 cm³/mol. The van der Waals surface area contributed by atoms with E-state index in [-0.39, 0.29) is 0 Å².